The highest BCUT2D eigenvalue weighted by Crippen LogP contribution is 2.38. The van der Waals surface area contributed by atoms with Crippen molar-refractivity contribution in [2.75, 3.05) is 36.2 Å². The van der Waals surface area contributed by atoms with E-state index in [-0.39, 0.29) is 11.7 Å². The molecule has 38 heavy (non-hydrogen) atoms. The number of anilines is 2. The van der Waals surface area contributed by atoms with Gasteiger partial charge in [0.1, 0.15) is 5.00 Å². The minimum atomic E-state index is -0.394. The first-order valence-corrected chi connectivity index (χ1v) is 14.9. The zero-order valence-corrected chi connectivity index (χ0v) is 23.9. The van der Waals surface area contributed by atoms with Crippen molar-refractivity contribution < 1.29 is 14.3 Å². The van der Waals surface area contributed by atoms with Gasteiger partial charge in [0, 0.05) is 35.8 Å². The number of rotatable bonds is 11. The monoisotopic (exact) mass is 553 g/mol. The fourth-order valence-electron chi connectivity index (χ4n) is 4.75. The average Bonchev–Trinajstić information content (AvgIpc) is 3.40. The van der Waals surface area contributed by atoms with Gasteiger partial charge >= 0.3 is 5.97 Å². The van der Waals surface area contributed by atoms with Crippen LogP contribution in [0, 0.1) is 0 Å². The number of amides is 1. The lowest BCUT2D eigenvalue weighted by Gasteiger charge is -2.21. The summed E-state index contributed by atoms with van der Waals surface area (Å²) in [5.41, 5.74) is 3.66. The Bertz CT molecular complexity index is 1280. The number of allylic oxidation sites excluding steroid dienone is 1. The van der Waals surface area contributed by atoms with Crippen LogP contribution in [-0.4, -0.2) is 52.6 Å². The third-order valence-corrected chi connectivity index (χ3v) is 8.85. The first-order chi connectivity index (χ1) is 18.5. The molecular weight excluding hydrogens is 518 g/mol. The summed E-state index contributed by atoms with van der Waals surface area (Å²) in [5, 5.41) is 13.0. The number of nitrogens with zero attached hydrogens (tertiary/aromatic N) is 4. The number of benzene rings is 1. The number of aryl methyl sites for hydroxylation is 1. The number of aromatic nitrogens is 3. The van der Waals surface area contributed by atoms with E-state index in [4.69, 9.17) is 4.74 Å². The van der Waals surface area contributed by atoms with Crippen molar-refractivity contribution in [1.82, 2.24) is 14.8 Å². The maximum atomic E-state index is 13.0. The summed E-state index contributed by atoms with van der Waals surface area (Å²) in [4.78, 5) is 29.0. The molecule has 8 nitrogen and oxygen atoms in total. The highest BCUT2D eigenvalue weighted by atomic mass is 32.2. The van der Waals surface area contributed by atoms with Crippen LogP contribution >= 0.6 is 23.1 Å². The molecule has 0 saturated carbocycles. The summed E-state index contributed by atoms with van der Waals surface area (Å²) in [6, 6.07) is 8.29. The van der Waals surface area contributed by atoms with Gasteiger partial charge in [-0.15, -0.1) is 28.1 Å². The number of thiophene rings is 1. The first-order valence-electron chi connectivity index (χ1n) is 13.1. The number of hydrogen-bond donors (Lipinski definition) is 1. The third kappa shape index (κ3) is 6.13. The molecular formula is C28H35N5O3S2. The van der Waals surface area contributed by atoms with Crippen molar-refractivity contribution in [2.24, 2.45) is 0 Å². The average molecular weight is 554 g/mol. The minimum Gasteiger partial charge on any atom is -0.465 e. The molecule has 202 valence electrons. The van der Waals surface area contributed by atoms with Gasteiger partial charge in [0.25, 0.3) is 0 Å². The predicted octanol–water partition coefficient (Wildman–Crippen LogP) is 5.83. The molecule has 0 saturated heterocycles. The van der Waals surface area contributed by atoms with E-state index in [2.05, 4.69) is 53.0 Å². The summed E-state index contributed by atoms with van der Waals surface area (Å²) in [6.07, 6.45) is 6.84. The van der Waals surface area contributed by atoms with E-state index < -0.39 is 5.97 Å². The zero-order valence-electron chi connectivity index (χ0n) is 22.3. The van der Waals surface area contributed by atoms with Crippen molar-refractivity contribution in [1.29, 1.82) is 0 Å². The molecule has 0 fully saturated rings. The number of carbonyl (C=O) groups is 2. The molecule has 1 N–H and O–H groups in total. The van der Waals surface area contributed by atoms with Gasteiger partial charge in [-0.3, -0.25) is 9.36 Å². The molecule has 1 amide bonds. The van der Waals surface area contributed by atoms with Crippen LogP contribution in [0.25, 0.3) is 11.4 Å². The van der Waals surface area contributed by atoms with E-state index in [0.717, 1.165) is 67.8 Å². The number of nitrogens with one attached hydrogen (secondary N) is 1. The van der Waals surface area contributed by atoms with Gasteiger partial charge in [-0.05, 0) is 69.4 Å². The first kappa shape index (κ1) is 27.9. The summed E-state index contributed by atoms with van der Waals surface area (Å²) in [7, 11) is 1.38. The Morgan fingerprint density at radius 1 is 1.16 bits per heavy atom. The van der Waals surface area contributed by atoms with Crippen LogP contribution < -0.4 is 10.2 Å². The SMILES string of the molecule is C=CCn1c(SCC(=O)Nc2sc3c(c2C(=O)OC)CCCCC3)nnc1-c1ccc(N(CC)CC)cc1. The molecule has 1 aromatic carbocycles. The standard InChI is InChI=1S/C28H35N5O3S2/c1-5-17-33-25(19-13-15-20(16-14-19)32(6-2)7-3)30-31-28(33)37-18-23(34)29-26-24(27(35)36-4)21-11-9-8-10-12-22(21)38-26/h5,13-16H,1,6-12,17-18H2,2-4H3,(H,29,34). The summed E-state index contributed by atoms with van der Waals surface area (Å²) in [5.74, 6) is 0.276. The van der Waals surface area contributed by atoms with Crippen molar-refractivity contribution >= 4 is 45.7 Å². The maximum Gasteiger partial charge on any atom is 0.341 e. The fraction of sp³-hybridized carbons (Fsp3) is 0.429. The maximum absolute atomic E-state index is 13.0. The van der Waals surface area contributed by atoms with E-state index in [0.29, 0.717) is 22.3 Å². The van der Waals surface area contributed by atoms with Crippen molar-refractivity contribution in [3.63, 3.8) is 0 Å². The number of ether oxygens (including phenoxy) is 1. The lowest BCUT2D eigenvalue weighted by Crippen LogP contribution is -2.21. The van der Waals surface area contributed by atoms with E-state index in [1.165, 1.54) is 35.1 Å². The minimum absolute atomic E-state index is 0.138. The summed E-state index contributed by atoms with van der Waals surface area (Å²) < 4.78 is 7.01. The van der Waals surface area contributed by atoms with Crippen molar-refractivity contribution in [3.05, 3.63) is 52.9 Å². The van der Waals surface area contributed by atoms with Crippen LogP contribution in [-0.2, 0) is 28.9 Å². The van der Waals surface area contributed by atoms with Crippen LogP contribution in [0.15, 0.2) is 42.1 Å². The molecule has 0 spiro atoms. The molecule has 1 aliphatic rings. The lowest BCUT2D eigenvalue weighted by molar-refractivity contribution is -0.113. The Labute approximate surface area is 232 Å². The Morgan fingerprint density at radius 3 is 2.58 bits per heavy atom. The van der Waals surface area contributed by atoms with Gasteiger partial charge in [0.2, 0.25) is 5.91 Å². The lowest BCUT2D eigenvalue weighted by atomic mass is 10.1. The molecule has 2 aromatic heterocycles. The number of thioether (sulfide) groups is 1. The van der Waals surface area contributed by atoms with Gasteiger partial charge in [-0.25, -0.2) is 4.79 Å². The molecule has 2 heterocycles. The number of esters is 1. The van der Waals surface area contributed by atoms with Crippen LogP contribution in [0.4, 0.5) is 10.7 Å². The van der Waals surface area contributed by atoms with Gasteiger partial charge in [-0.2, -0.15) is 0 Å². The number of fused-ring (bicyclic) bond motifs is 1. The number of hydrogen-bond acceptors (Lipinski definition) is 8. The molecule has 0 atom stereocenters. The Morgan fingerprint density at radius 2 is 1.89 bits per heavy atom. The highest BCUT2D eigenvalue weighted by molar-refractivity contribution is 7.99. The van der Waals surface area contributed by atoms with E-state index in [1.54, 1.807) is 6.08 Å². The van der Waals surface area contributed by atoms with E-state index >= 15 is 0 Å². The molecule has 0 unspecified atom stereocenters. The predicted molar refractivity (Wildman–Crippen MR) is 155 cm³/mol. The molecule has 4 rings (SSSR count). The molecule has 0 aliphatic heterocycles. The topological polar surface area (TPSA) is 89.3 Å². The van der Waals surface area contributed by atoms with Crippen LogP contribution in [0.1, 0.15) is 53.9 Å². The summed E-state index contributed by atoms with van der Waals surface area (Å²) >= 11 is 2.81. The Kier molecular flexibility index (Phi) is 9.63. The van der Waals surface area contributed by atoms with Gasteiger partial charge in [0.05, 0.1) is 18.4 Å². The summed E-state index contributed by atoms with van der Waals surface area (Å²) in [6.45, 7) is 10.6. The highest BCUT2D eigenvalue weighted by Gasteiger charge is 2.26. The normalized spacial score (nSPS) is 12.9. The van der Waals surface area contributed by atoms with Crippen LogP contribution in [0.3, 0.4) is 0 Å². The molecule has 3 aromatic rings. The number of carbonyl (C=O) groups excluding carboxylic acids is 2. The van der Waals surface area contributed by atoms with Crippen LogP contribution in [0.2, 0.25) is 0 Å². The molecule has 0 radical (unpaired) electrons. The molecule has 0 bridgehead atoms. The Hall–Kier alpha value is -3.11. The van der Waals surface area contributed by atoms with Gasteiger partial charge in [-0.1, -0.05) is 24.3 Å². The fourth-order valence-corrected chi connectivity index (χ4v) is 6.80. The third-order valence-electron chi connectivity index (χ3n) is 6.68. The van der Waals surface area contributed by atoms with Crippen molar-refractivity contribution in [3.8, 4) is 11.4 Å². The number of methoxy groups -OCH3 is 1. The molecule has 1 aliphatic carbocycles. The smallest absolute Gasteiger partial charge is 0.341 e. The quantitative estimate of drug-likeness (QED) is 0.138. The van der Waals surface area contributed by atoms with E-state index in [1.807, 2.05) is 16.7 Å². The van der Waals surface area contributed by atoms with Crippen molar-refractivity contribution in [2.45, 2.75) is 57.7 Å². The zero-order chi connectivity index (χ0) is 27.1. The molecule has 10 heteroatoms. The van der Waals surface area contributed by atoms with Gasteiger partial charge < -0.3 is 15.0 Å². The van der Waals surface area contributed by atoms with Gasteiger partial charge in [0.15, 0.2) is 11.0 Å². The largest absolute Gasteiger partial charge is 0.465 e. The van der Waals surface area contributed by atoms with E-state index in [9.17, 15) is 9.59 Å². The second-order valence-corrected chi connectivity index (χ2v) is 11.1. The second-order valence-electron chi connectivity index (χ2n) is 9.02. The Balaban J connectivity index is 1.49. The van der Waals surface area contributed by atoms with Crippen LogP contribution in [0.5, 0.6) is 0 Å². The second kappa shape index (κ2) is 13.1.